The van der Waals surface area contributed by atoms with Crippen LogP contribution in [0.15, 0.2) is 277 Å². The van der Waals surface area contributed by atoms with Gasteiger partial charge in [-0.3, -0.25) is 0 Å². The van der Waals surface area contributed by atoms with Crippen molar-refractivity contribution in [1.29, 1.82) is 0 Å². The molecule has 2 nitrogen and oxygen atoms in total. The molecule has 0 amide bonds. The number of hydrogen-bond acceptors (Lipinski definition) is 2. The topological polar surface area (TPSA) is 16.4 Å². The lowest BCUT2D eigenvalue weighted by Crippen LogP contribution is -2.30. The van der Waals surface area contributed by atoms with Gasteiger partial charge in [-0.15, -0.1) is 0 Å². The average molecular weight is 904 g/mol. The molecule has 0 N–H and O–H groups in total. The van der Waals surface area contributed by atoms with Gasteiger partial charge in [-0.1, -0.05) is 231 Å². The van der Waals surface area contributed by atoms with Gasteiger partial charge >= 0.3 is 0 Å². The highest BCUT2D eigenvalue weighted by Gasteiger charge is 2.48. The maximum Gasteiger partial charge on any atom is 0.143 e. The fraction of sp³-hybridized carbons (Fsp3) is 0.0145. The van der Waals surface area contributed by atoms with Crippen molar-refractivity contribution in [2.45, 2.75) is 5.41 Å². The molecule has 71 heavy (non-hydrogen) atoms. The van der Waals surface area contributed by atoms with Gasteiger partial charge in [0.15, 0.2) is 0 Å². The van der Waals surface area contributed by atoms with Crippen LogP contribution in [0.4, 0.5) is 17.1 Å². The van der Waals surface area contributed by atoms with E-state index in [9.17, 15) is 0 Å². The molecule has 0 saturated heterocycles. The van der Waals surface area contributed by atoms with Crippen molar-refractivity contribution in [3.63, 3.8) is 0 Å². The molecule has 12 aromatic carbocycles. The van der Waals surface area contributed by atoms with E-state index in [1.165, 1.54) is 55.3 Å². The number of hydrogen-bond donors (Lipinski definition) is 0. The SMILES string of the molecule is c1ccc(-c2ccc(-c3cccc(N(c4ccc5ccccc5c4)c4cccc5c4C(c4ccccc4)(c4ccccc4)c4ccccc4-5)c3-c3ccc4c(c3)oc3c5ccccc5ccc43)cc2)cc1. The Bertz CT molecular complexity index is 4110. The van der Waals surface area contributed by atoms with Gasteiger partial charge in [0.2, 0.25) is 0 Å². The number of nitrogens with zero attached hydrogens (tertiary/aromatic N) is 1. The van der Waals surface area contributed by atoms with Gasteiger partial charge in [-0.25, -0.2) is 0 Å². The summed E-state index contributed by atoms with van der Waals surface area (Å²) in [6, 6.07) is 100. The maximum atomic E-state index is 6.96. The van der Waals surface area contributed by atoms with Crippen LogP contribution >= 0.6 is 0 Å². The molecule has 0 fully saturated rings. The number of furan rings is 1. The molecule has 2 heteroatoms. The minimum atomic E-state index is -0.652. The van der Waals surface area contributed by atoms with Crippen LogP contribution in [0.5, 0.6) is 0 Å². The van der Waals surface area contributed by atoms with Crippen molar-refractivity contribution in [2.75, 3.05) is 4.90 Å². The Balaban J connectivity index is 1.09. The molecule has 0 unspecified atom stereocenters. The van der Waals surface area contributed by atoms with Crippen molar-refractivity contribution in [1.82, 2.24) is 0 Å². The summed E-state index contributed by atoms with van der Waals surface area (Å²) in [5.41, 5.74) is 18.6. The first kappa shape index (κ1) is 40.8. The van der Waals surface area contributed by atoms with Gasteiger partial charge in [0.25, 0.3) is 0 Å². The van der Waals surface area contributed by atoms with Gasteiger partial charge in [0.1, 0.15) is 11.2 Å². The van der Waals surface area contributed by atoms with Crippen LogP contribution in [0.3, 0.4) is 0 Å². The quantitative estimate of drug-likeness (QED) is 0.151. The normalized spacial score (nSPS) is 12.6. The third-order valence-corrected chi connectivity index (χ3v) is 14.9. The lowest BCUT2D eigenvalue weighted by molar-refractivity contribution is 0.673. The molecule has 13 aromatic rings. The molecule has 1 aliphatic carbocycles. The van der Waals surface area contributed by atoms with E-state index in [0.29, 0.717) is 0 Å². The lowest BCUT2D eigenvalue weighted by Gasteiger charge is -2.38. The number of rotatable bonds is 8. The average Bonchev–Trinajstić information content (AvgIpc) is 3.99. The standard InChI is InChI=1S/C69H45NO/c1-4-18-46(19-5-1)48-34-36-50(37-35-48)56-29-16-32-63(66(56)52-40-42-59-61-43-39-49-21-12-13-27-57(49)68(61)71-65(59)45-52)70(55-41-38-47-20-10-11-22-51(47)44-55)64-33-17-30-60-58-28-14-15-31-62(58)69(67(60)64,53-23-6-2-7-24-53)54-25-8-3-9-26-54/h1-45H. The van der Waals surface area contributed by atoms with E-state index in [1.807, 2.05) is 0 Å². The van der Waals surface area contributed by atoms with Crippen molar-refractivity contribution >= 4 is 60.5 Å². The smallest absolute Gasteiger partial charge is 0.143 e. The maximum absolute atomic E-state index is 6.96. The molecule has 0 aliphatic heterocycles. The Kier molecular flexibility index (Phi) is 9.47. The van der Waals surface area contributed by atoms with E-state index in [0.717, 1.165) is 72.0 Å². The van der Waals surface area contributed by atoms with Crippen molar-refractivity contribution in [3.8, 4) is 44.5 Å². The zero-order valence-corrected chi connectivity index (χ0v) is 38.8. The summed E-state index contributed by atoms with van der Waals surface area (Å²) < 4.78 is 6.96. The molecule has 0 bridgehead atoms. The highest BCUT2D eigenvalue weighted by atomic mass is 16.3. The van der Waals surface area contributed by atoms with Crippen LogP contribution in [-0.4, -0.2) is 0 Å². The van der Waals surface area contributed by atoms with Crippen molar-refractivity contribution < 1.29 is 4.42 Å². The minimum Gasteiger partial charge on any atom is -0.455 e. The molecule has 1 aromatic heterocycles. The van der Waals surface area contributed by atoms with E-state index < -0.39 is 5.41 Å². The second kappa shape index (κ2) is 16.5. The molecule has 0 saturated carbocycles. The van der Waals surface area contributed by atoms with Gasteiger partial charge < -0.3 is 9.32 Å². The molecule has 0 spiro atoms. The first-order chi connectivity index (χ1) is 35.2. The molecule has 14 rings (SSSR count). The zero-order chi connectivity index (χ0) is 46.9. The lowest BCUT2D eigenvalue weighted by atomic mass is 9.67. The molecule has 332 valence electrons. The Morgan fingerprint density at radius 1 is 0.324 bits per heavy atom. The zero-order valence-electron chi connectivity index (χ0n) is 38.8. The molecule has 1 heterocycles. The molecule has 0 atom stereocenters. The van der Waals surface area contributed by atoms with Gasteiger partial charge in [0, 0.05) is 33.0 Å². The highest BCUT2D eigenvalue weighted by Crippen LogP contribution is 2.61. The second-order valence-electron chi connectivity index (χ2n) is 18.7. The second-order valence-corrected chi connectivity index (χ2v) is 18.7. The predicted molar refractivity (Wildman–Crippen MR) is 297 cm³/mol. The number of benzene rings is 12. The predicted octanol–water partition coefficient (Wildman–Crippen LogP) is 18.7. The van der Waals surface area contributed by atoms with Gasteiger partial charge in [-0.2, -0.15) is 0 Å². The fourth-order valence-electron chi connectivity index (χ4n) is 11.8. The first-order valence-electron chi connectivity index (χ1n) is 24.5. The van der Waals surface area contributed by atoms with E-state index in [2.05, 4.69) is 278 Å². The largest absolute Gasteiger partial charge is 0.455 e. The van der Waals surface area contributed by atoms with Crippen LogP contribution < -0.4 is 4.90 Å². The van der Waals surface area contributed by atoms with Crippen LogP contribution in [0, 0.1) is 0 Å². The Labute approximate surface area is 413 Å². The summed E-state index contributed by atoms with van der Waals surface area (Å²) in [6.07, 6.45) is 0. The first-order valence-corrected chi connectivity index (χ1v) is 24.5. The summed E-state index contributed by atoms with van der Waals surface area (Å²) in [4.78, 5) is 2.55. The van der Waals surface area contributed by atoms with E-state index in [-0.39, 0.29) is 0 Å². The Morgan fingerprint density at radius 2 is 0.887 bits per heavy atom. The fourth-order valence-corrected chi connectivity index (χ4v) is 11.8. The van der Waals surface area contributed by atoms with Gasteiger partial charge in [-0.05, 0) is 114 Å². The molecule has 0 radical (unpaired) electrons. The van der Waals surface area contributed by atoms with Gasteiger partial charge in [0.05, 0.1) is 16.8 Å². The van der Waals surface area contributed by atoms with E-state index in [1.54, 1.807) is 0 Å². The molecule has 1 aliphatic rings. The summed E-state index contributed by atoms with van der Waals surface area (Å²) in [6.45, 7) is 0. The van der Waals surface area contributed by atoms with E-state index in [4.69, 9.17) is 4.42 Å². The van der Waals surface area contributed by atoms with Crippen molar-refractivity contribution in [2.24, 2.45) is 0 Å². The highest BCUT2D eigenvalue weighted by molar-refractivity contribution is 6.16. The van der Waals surface area contributed by atoms with Crippen LogP contribution in [-0.2, 0) is 5.41 Å². The van der Waals surface area contributed by atoms with Crippen LogP contribution in [0.2, 0.25) is 0 Å². The number of anilines is 3. The third kappa shape index (κ3) is 6.42. The van der Waals surface area contributed by atoms with Crippen LogP contribution in [0.25, 0.3) is 88.0 Å². The summed E-state index contributed by atoms with van der Waals surface area (Å²) in [5.74, 6) is 0. The summed E-state index contributed by atoms with van der Waals surface area (Å²) in [7, 11) is 0. The van der Waals surface area contributed by atoms with Crippen molar-refractivity contribution in [3.05, 3.63) is 295 Å². The number of fused-ring (bicyclic) bond motifs is 9. The summed E-state index contributed by atoms with van der Waals surface area (Å²) >= 11 is 0. The molecular formula is C69H45NO. The minimum absolute atomic E-state index is 0.652. The Morgan fingerprint density at radius 3 is 1.66 bits per heavy atom. The summed E-state index contributed by atoms with van der Waals surface area (Å²) in [5, 5.41) is 6.86. The monoisotopic (exact) mass is 903 g/mol. The molecular weight excluding hydrogens is 859 g/mol. The van der Waals surface area contributed by atoms with Crippen LogP contribution in [0.1, 0.15) is 22.3 Å². The third-order valence-electron chi connectivity index (χ3n) is 14.9. The Hall–Kier alpha value is -9.24. The van der Waals surface area contributed by atoms with E-state index >= 15 is 0 Å².